The number of pyridine rings is 1. The van der Waals surface area contributed by atoms with E-state index < -0.39 is 0 Å². The fraction of sp³-hybridized carbons (Fsp3) is 0.429. The third-order valence-corrected chi connectivity index (χ3v) is 4.82. The first-order chi connectivity index (χ1) is 12.7. The molecule has 5 heteroatoms. The van der Waals surface area contributed by atoms with E-state index in [2.05, 4.69) is 27.3 Å². The van der Waals surface area contributed by atoms with Gasteiger partial charge in [-0.25, -0.2) is 0 Å². The molecule has 138 valence electrons. The Kier molecular flexibility index (Phi) is 6.61. The average molecular weight is 352 g/mol. The molecule has 0 bridgehead atoms. The van der Waals surface area contributed by atoms with Gasteiger partial charge in [0.1, 0.15) is 0 Å². The summed E-state index contributed by atoms with van der Waals surface area (Å²) in [6.45, 7) is 3.49. The van der Waals surface area contributed by atoms with Crippen molar-refractivity contribution in [3.63, 3.8) is 0 Å². The topological polar surface area (TPSA) is 48.5 Å². The predicted octanol–water partition coefficient (Wildman–Crippen LogP) is 3.18. The third-order valence-electron chi connectivity index (χ3n) is 4.82. The Morgan fingerprint density at radius 2 is 1.77 bits per heavy atom. The Bertz CT molecular complexity index is 681. The zero-order valence-corrected chi connectivity index (χ0v) is 15.5. The van der Waals surface area contributed by atoms with Crippen LogP contribution in [0.3, 0.4) is 0 Å². The Labute approximate surface area is 156 Å². The van der Waals surface area contributed by atoms with Crippen molar-refractivity contribution >= 4 is 17.3 Å². The van der Waals surface area contributed by atoms with Crippen LogP contribution in [-0.2, 0) is 11.2 Å². The normalized spacial score (nSPS) is 14.5. The number of hydrogen-bond donors (Lipinski definition) is 1. The van der Waals surface area contributed by atoms with Crippen molar-refractivity contribution in [3.05, 3.63) is 54.4 Å². The van der Waals surface area contributed by atoms with Crippen LogP contribution in [0, 0.1) is 0 Å². The highest BCUT2D eigenvalue weighted by Gasteiger charge is 2.11. The summed E-state index contributed by atoms with van der Waals surface area (Å²) in [6.07, 6.45) is 8.38. The van der Waals surface area contributed by atoms with E-state index in [-0.39, 0.29) is 5.91 Å². The molecule has 2 heterocycles. The monoisotopic (exact) mass is 352 g/mol. The number of likely N-dealkylation sites (N-methyl/N-ethyl adjacent to an activating group) is 1. The molecule has 0 atom stereocenters. The van der Waals surface area contributed by atoms with Gasteiger partial charge >= 0.3 is 0 Å². The molecule has 3 rings (SSSR count). The number of nitrogens with one attached hydrogen (secondary N) is 1. The number of carbonyl (C=O) groups excluding carboxylic acids is 1. The van der Waals surface area contributed by atoms with E-state index in [0.717, 1.165) is 31.7 Å². The van der Waals surface area contributed by atoms with Crippen LogP contribution < -0.4 is 10.2 Å². The lowest BCUT2D eigenvalue weighted by molar-refractivity contribution is -0.117. The summed E-state index contributed by atoms with van der Waals surface area (Å²) in [6, 6.07) is 12.2. The minimum atomic E-state index is 0.0213. The van der Waals surface area contributed by atoms with Crippen LogP contribution in [0.1, 0.15) is 24.8 Å². The van der Waals surface area contributed by atoms with Crippen LogP contribution >= 0.6 is 0 Å². The van der Waals surface area contributed by atoms with Gasteiger partial charge in [0.25, 0.3) is 0 Å². The molecule has 1 aromatic carbocycles. The lowest BCUT2D eigenvalue weighted by atomic mass is 10.1. The molecule has 0 saturated carbocycles. The van der Waals surface area contributed by atoms with E-state index in [1.165, 1.54) is 30.5 Å². The zero-order valence-electron chi connectivity index (χ0n) is 15.5. The number of piperidine rings is 1. The molecule has 1 aliphatic heterocycles. The second-order valence-electron chi connectivity index (χ2n) is 6.99. The van der Waals surface area contributed by atoms with Gasteiger partial charge in [-0.05, 0) is 74.7 Å². The summed E-state index contributed by atoms with van der Waals surface area (Å²) in [5.74, 6) is 0.0213. The smallest absolute Gasteiger partial charge is 0.238 e. The SMILES string of the molecule is CN(CCc1ccncc1)CC(=O)Nc1ccc(N2CCCCC2)cc1. The van der Waals surface area contributed by atoms with Crippen molar-refractivity contribution in [1.82, 2.24) is 9.88 Å². The maximum absolute atomic E-state index is 12.2. The molecule has 2 aromatic rings. The first-order valence-corrected chi connectivity index (χ1v) is 9.43. The average Bonchev–Trinajstić information content (AvgIpc) is 2.68. The molecule has 0 spiro atoms. The van der Waals surface area contributed by atoms with Crippen LogP contribution in [0.5, 0.6) is 0 Å². The summed E-state index contributed by atoms with van der Waals surface area (Å²) < 4.78 is 0. The van der Waals surface area contributed by atoms with Crippen LogP contribution in [0.4, 0.5) is 11.4 Å². The summed E-state index contributed by atoms with van der Waals surface area (Å²) >= 11 is 0. The number of anilines is 2. The Morgan fingerprint density at radius 1 is 1.08 bits per heavy atom. The van der Waals surface area contributed by atoms with Gasteiger partial charge in [-0.3, -0.25) is 14.7 Å². The first-order valence-electron chi connectivity index (χ1n) is 9.43. The summed E-state index contributed by atoms with van der Waals surface area (Å²) in [4.78, 5) is 20.7. The number of aromatic nitrogens is 1. The van der Waals surface area contributed by atoms with Gasteiger partial charge in [0.15, 0.2) is 0 Å². The first kappa shape index (κ1) is 18.4. The van der Waals surface area contributed by atoms with E-state index in [1.54, 1.807) is 12.4 Å². The minimum absolute atomic E-state index is 0.0213. The molecule has 0 radical (unpaired) electrons. The van der Waals surface area contributed by atoms with Gasteiger partial charge in [-0.1, -0.05) is 0 Å². The largest absolute Gasteiger partial charge is 0.372 e. The second-order valence-corrected chi connectivity index (χ2v) is 6.99. The molecule has 1 saturated heterocycles. The standard InChI is InChI=1S/C21H28N4O/c1-24(16-11-18-9-12-22-13-10-18)17-21(26)23-19-5-7-20(8-6-19)25-14-3-2-4-15-25/h5-10,12-13H,2-4,11,14-17H2,1H3,(H,23,26). The van der Waals surface area contributed by atoms with Gasteiger partial charge in [0.05, 0.1) is 6.54 Å². The van der Waals surface area contributed by atoms with Crippen LogP contribution in [0.2, 0.25) is 0 Å². The molecule has 1 aliphatic rings. The fourth-order valence-corrected chi connectivity index (χ4v) is 3.30. The highest BCUT2D eigenvalue weighted by atomic mass is 16.2. The number of carbonyl (C=O) groups is 1. The predicted molar refractivity (Wildman–Crippen MR) is 107 cm³/mol. The maximum Gasteiger partial charge on any atom is 0.238 e. The Hall–Kier alpha value is -2.40. The summed E-state index contributed by atoms with van der Waals surface area (Å²) in [7, 11) is 1.97. The van der Waals surface area contributed by atoms with Gasteiger partial charge in [0, 0.05) is 43.4 Å². The number of nitrogens with zero attached hydrogens (tertiary/aromatic N) is 3. The maximum atomic E-state index is 12.2. The number of rotatable bonds is 7. The lowest BCUT2D eigenvalue weighted by Gasteiger charge is -2.28. The summed E-state index contributed by atoms with van der Waals surface area (Å²) in [5.41, 5.74) is 3.34. The van der Waals surface area contributed by atoms with E-state index in [4.69, 9.17) is 0 Å². The van der Waals surface area contributed by atoms with Crippen LogP contribution in [-0.4, -0.2) is 49.0 Å². The van der Waals surface area contributed by atoms with E-state index in [9.17, 15) is 4.79 Å². The van der Waals surface area contributed by atoms with Crippen molar-refractivity contribution in [3.8, 4) is 0 Å². The van der Waals surface area contributed by atoms with Crippen molar-refractivity contribution in [2.24, 2.45) is 0 Å². The van der Waals surface area contributed by atoms with E-state index in [0.29, 0.717) is 6.54 Å². The van der Waals surface area contributed by atoms with Crippen molar-refractivity contribution < 1.29 is 4.79 Å². The molecule has 0 aliphatic carbocycles. The van der Waals surface area contributed by atoms with Crippen LogP contribution in [0.25, 0.3) is 0 Å². The molecule has 5 nitrogen and oxygen atoms in total. The Balaban J connectivity index is 1.43. The number of hydrogen-bond acceptors (Lipinski definition) is 4. The molecule has 26 heavy (non-hydrogen) atoms. The molecule has 1 amide bonds. The highest BCUT2D eigenvalue weighted by molar-refractivity contribution is 5.92. The number of amides is 1. The van der Waals surface area contributed by atoms with Crippen molar-refractivity contribution in [2.45, 2.75) is 25.7 Å². The van der Waals surface area contributed by atoms with Gasteiger partial charge < -0.3 is 10.2 Å². The van der Waals surface area contributed by atoms with Gasteiger partial charge in [-0.2, -0.15) is 0 Å². The number of benzene rings is 1. The molecule has 0 unspecified atom stereocenters. The molecule has 1 N–H and O–H groups in total. The molecule has 1 fully saturated rings. The third kappa shape index (κ3) is 5.56. The van der Waals surface area contributed by atoms with Gasteiger partial charge in [-0.15, -0.1) is 0 Å². The summed E-state index contributed by atoms with van der Waals surface area (Å²) in [5, 5.41) is 2.99. The molecule has 1 aromatic heterocycles. The quantitative estimate of drug-likeness (QED) is 0.831. The minimum Gasteiger partial charge on any atom is -0.372 e. The van der Waals surface area contributed by atoms with Gasteiger partial charge in [0.2, 0.25) is 5.91 Å². The molecular formula is C21H28N4O. The van der Waals surface area contributed by atoms with E-state index >= 15 is 0 Å². The highest BCUT2D eigenvalue weighted by Crippen LogP contribution is 2.21. The zero-order chi connectivity index (χ0) is 18.2. The van der Waals surface area contributed by atoms with Crippen LogP contribution in [0.15, 0.2) is 48.8 Å². The fourth-order valence-electron chi connectivity index (χ4n) is 3.30. The second kappa shape index (κ2) is 9.34. The molecular weight excluding hydrogens is 324 g/mol. The van der Waals surface area contributed by atoms with Crippen molar-refractivity contribution in [1.29, 1.82) is 0 Å². The Morgan fingerprint density at radius 3 is 2.46 bits per heavy atom. The lowest BCUT2D eigenvalue weighted by Crippen LogP contribution is -2.31. The van der Waals surface area contributed by atoms with Crippen molar-refractivity contribution in [2.75, 3.05) is 43.4 Å². The van der Waals surface area contributed by atoms with E-state index in [1.807, 2.05) is 36.2 Å².